The molecule has 0 bridgehead atoms. The SMILES string of the molecule is NNC(CCCCl)Cc1cccc(F)c1Br. The van der Waals surface area contributed by atoms with Crippen LogP contribution in [0.1, 0.15) is 18.4 Å². The quantitative estimate of drug-likeness (QED) is 0.482. The summed E-state index contributed by atoms with van der Waals surface area (Å²) in [5, 5.41) is 0. The van der Waals surface area contributed by atoms with Crippen molar-refractivity contribution in [2.75, 3.05) is 5.88 Å². The molecule has 2 nitrogen and oxygen atoms in total. The van der Waals surface area contributed by atoms with Crippen molar-refractivity contribution in [1.29, 1.82) is 0 Å². The number of benzene rings is 1. The number of halogens is 3. The van der Waals surface area contributed by atoms with Crippen LogP contribution in [0.3, 0.4) is 0 Å². The Labute approximate surface area is 108 Å². The standard InChI is InChI=1S/C11H15BrClFN2/c12-11-8(3-1-5-10(11)14)7-9(16-15)4-2-6-13/h1,3,5,9,16H,2,4,6-7,15H2. The molecule has 90 valence electrons. The highest BCUT2D eigenvalue weighted by atomic mass is 79.9. The summed E-state index contributed by atoms with van der Waals surface area (Å²) in [6.07, 6.45) is 2.46. The lowest BCUT2D eigenvalue weighted by molar-refractivity contribution is 0.485. The molecule has 1 rings (SSSR count). The van der Waals surface area contributed by atoms with Crippen LogP contribution in [0.5, 0.6) is 0 Å². The molecular weight excluding hydrogens is 294 g/mol. The molecule has 0 saturated carbocycles. The second-order valence-electron chi connectivity index (χ2n) is 3.61. The smallest absolute Gasteiger partial charge is 0.137 e. The molecule has 0 spiro atoms. The van der Waals surface area contributed by atoms with Gasteiger partial charge < -0.3 is 0 Å². The predicted octanol–water partition coefficient (Wildman–Crippen LogP) is 2.98. The molecule has 0 aliphatic heterocycles. The van der Waals surface area contributed by atoms with E-state index in [0.29, 0.717) is 16.8 Å². The van der Waals surface area contributed by atoms with Crippen LogP contribution in [0.2, 0.25) is 0 Å². The third-order valence-corrected chi connectivity index (χ3v) is 3.58. The predicted molar refractivity (Wildman–Crippen MR) is 68.9 cm³/mol. The molecule has 0 radical (unpaired) electrons. The molecule has 1 aromatic carbocycles. The fourth-order valence-electron chi connectivity index (χ4n) is 1.54. The first-order chi connectivity index (χ1) is 7.69. The van der Waals surface area contributed by atoms with Crippen molar-refractivity contribution < 1.29 is 4.39 Å². The zero-order chi connectivity index (χ0) is 12.0. The first-order valence-electron chi connectivity index (χ1n) is 5.14. The minimum atomic E-state index is -0.245. The minimum absolute atomic E-state index is 0.122. The van der Waals surface area contributed by atoms with Gasteiger partial charge in [0.15, 0.2) is 0 Å². The summed E-state index contributed by atoms with van der Waals surface area (Å²) in [6, 6.07) is 5.14. The number of hydrogen-bond acceptors (Lipinski definition) is 2. The van der Waals surface area contributed by atoms with E-state index in [1.165, 1.54) is 6.07 Å². The number of rotatable bonds is 6. The summed E-state index contributed by atoms with van der Waals surface area (Å²) < 4.78 is 13.8. The van der Waals surface area contributed by atoms with Gasteiger partial charge >= 0.3 is 0 Å². The van der Waals surface area contributed by atoms with Gasteiger partial charge in [-0.25, -0.2) is 4.39 Å². The fourth-order valence-corrected chi connectivity index (χ4v) is 2.12. The van der Waals surface area contributed by atoms with Crippen molar-refractivity contribution in [3.63, 3.8) is 0 Å². The largest absolute Gasteiger partial charge is 0.271 e. The number of alkyl halides is 1. The second kappa shape index (κ2) is 7.22. The molecule has 1 atom stereocenters. The molecule has 0 heterocycles. The third kappa shape index (κ3) is 4.01. The molecule has 0 aliphatic rings. The van der Waals surface area contributed by atoms with Gasteiger partial charge in [0.1, 0.15) is 5.82 Å². The molecule has 1 unspecified atom stereocenters. The third-order valence-electron chi connectivity index (χ3n) is 2.42. The Morgan fingerprint density at radius 3 is 2.88 bits per heavy atom. The second-order valence-corrected chi connectivity index (χ2v) is 4.78. The number of nitrogens with one attached hydrogen (secondary N) is 1. The van der Waals surface area contributed by atoms with Crippen molar-refractivity contribution in [2.24, 2.45) is 5.84 Å². The van der Waals surface area contributed by atoms with E-state index in [1.54, 1.807) is 6.07 Å². The molecular formula is C11H15BrClFN2. The van der Waals surface area contributed by atoms with Gasteiger partial charge in [0, 0.05) is 11.9 Å². The van der Waals surface area contributed by atoms with Crippen LogP contribution in [0, 0.1) is 5.82 Å². The molecule has 0 fully saturated rings. The normalized spacial score (nSPS) is 12.8. The highest BCUT2D eigenvalue weighted by Gasteiger charge is 2.11. The molecule has 5 heteroatoms. The molecule has 1 aromatic rings. The Balaban J connectivity index is 2.66. The lowest BCUT2D eigenvalue weighted by Crippen LogP contribution is -2.36. The Morgan fingerprint density at radius 2 is 2.25 bits per heavy atom. The molecule has 0 aromatic heterocycles. The van der Waals surface area contributed by atoms with E-state index in [4.69, 9.17) is 17.4 Å². The van der Waals surface area contributed by atoms with Crippen LogP contribution in [-0.2, 0) is 6.42 Å². The molecule has 0 aliphatic carbocycles. The number of hydrogen-bond donors (Lipinski definition) is 2. The first-order valence-corrected chi connectivity index (χ1v) is 6.46. The Morgan fingerprint density at radius 1 is 1.50 bits per heavy atom. The summed E-state index contributed by atoms with van der Waals surface area (Å²) >= 11 is 8.86. The zero-order valence-electron chi connectivity index (χ0n) is 8.85. The van der Waals surface area contributed by atoms with Crippen molar-refractivity contribution >= 4 is 27.5 Å². The molecule has 3 N–H and O–H groups in total. The van der Waals surface area contributed by atoms with Crippen LogP contribution < -0.4 is 11.3 Å². The highest BCUT2D eigenvalue weighted by molar-refractivity contribution is 9.10. The lowest BCUT2D eigenvalue weighted by atomic mass is 10.0. The van der Waals surface area contributed by atoms with E-state index in [0.717, 1.165) is 18.4 Å². The van der Waals surface area contributed by atoms with Crippen LogP contribution in [-0.4, -0.2) is 11.9 Å². The fraction of sp³-hybridized carbons (Fsp3) is 0.455. The summed E-state index contributed by atoms with van der Waals surface area (Å²) in [5.74, 6) is 5.82. The van der Waals surface area contributed by atoms with Gasteiger partial charge in [-0.2, -0.15) is 0 Å². The lowest BCUT2D eigenvalue weighted by Gasteiger charge is -2.16. The Bertz CT molecular complexity index is 336. The monoisotopic (exact) mass is 308 g/mol. The van der Waals surface area contributed by atoms with Gasteiger partial charge in [0.2, 0.25) is 0 Å². The summed E-state index contributed by atoms with van der Waals surface area (Å²) in [7, 11) is 0. The van der Waals surface area contributed by atoms with Gasteiger partial charge in [0.05, 0.1) is 4.47 Å². The average Bonchev–Trinajstić information content (AvgIpc) is 2.30. The maximum atomic E-state index is 13.3. The van der Waals surface area contributed by atoms with E-state index in [9.17, 15) is 4.39 Å². The molecule has 0 saturated heterocycles. The van der Waals surface area contributed by atoms with Gasteiger partial charge in [0.25, 0.3) is 0 Å². The summed E-state index contributed by atoms with van der Waals surface area (Å²) in [5.41, 5.74) is 3.64. The topological polar surface area (TPSA) is 38.0 Å². The van der Waals surface area contributed by atoms with E-state index < -0.39 is 0 Å². The van der Waals surface area contributed by atoms with Gasteiger partial charge in [-0.1, -0.05) is 12.1 Å². The average molecular weight is 310 g/mol. The summed E-state index contributed by atoms with van der Waals surface area (Å²) in [4.78, 5) is 0. The van der Waals surface area contributed by atoms with Crippen LogP contribution >= 0.6 is 27.5 Å². The van der Waals surface area contributed by atoms with E-state index in [2.05, 4.69) is 21.4 Å². The van der Waals surface area contributed by atoms with E-state index in [-0.39, 0.29) is 11.9 Å². The van der Waals surface area contributed by atoms with Crippen LogP contribution in [0.15, 0.2) is 22.7 Å². The van der Waals surface area contributed by atoms with Gasteiger partial charge in [-0.15, -0.1) is 11.6 Å². The van der Waals surface area contributed by atoms with Crippen LogP contribution in [0.25, 0.3) is 0 Å². The van der Waals surface area contributed by atoms with Gasteiger partial charge in [-0.05, 0) is 46.8 Å². The first kappa shape index (κ1) is 13.9. The summed E-state index contributed by atoms with van der Waals surface area (Å²) in [6.45, 7) is 0. The van der Waals surface area contributed by atoms with Crippen molar-refractivity contribution in [3.05, 3.63) is 34.1 Å². The Kier molecular flexibility index (Phi) is 6.28. The zero-order valence-corrected chi connectivity index (χ0v) is 11.2. The number of hydrazine groups is 1. The van der Waals surface area contributed by atoms with E-state index in [1.807, 2.05) is 6.07 Å². The van der Waals surface area contributed by atoms with Crippen molar-refractivity contribution in [3.8, 4) is 0 Å². The van der Waals surface area contributed by atoms with E-state index >= 15 is 0 Å². The molecule has 16 heavy (non-hydrogen) atoms. The van der Waals surface area contributed by atoms with Crippen molar-refractivity contribution in [2.45, 2.75) is 25.3 Å². The Hall–Kier alpha value is -0.160. The van der Waals surface area contributed by atoms with Crippen LogP contribution in [0.4, 0.5) is 4.39 Å². The maximum Gasteiger partial charge on any atom is 0.137 e. The highest BCUT2D eigenvalue weighted by Crippen LogP contribution is 2.22. The number of nitrogens with two attached hydrogens (primary N) is 1. The maximum absolute atomic E-state index is 13.3. The van der Waals surface area contributed by atoms with Crippen molar-refractivity contribution in [1.82, 2.24) is 5.43 Å². The molecule has 0 amide bonds. The minimum Gasteiger partial charge on any atom is -0.271 e. The van der Waals surface area contributed by atoms with Gasteiger partial charge in [-0.3, -0.25) is 11.3 Å².